The Labute approximate surface area is 183 Å². The molecule has 0 bridgehead atoms. The maximum Gasteiger partial charge on any atom is 0.187 e. The van der Waals surface area contributed by atoms with Crippen molar-refractivity contribution in [1.82, 2.24) is 0 Å². The summed E-state index contributed by atoms with van der Waals surface area (Å²) in [6.45, 7) is 2.42. The van der Waals surface area contributed by atoms with Gasteiger partial charge < -0.3 is 69.6 Å². The van der Waals surface area contributed by atoms with Gasteiger partial charge in [0.25, 0.3) is 0 Å². The number of aliphatic hydroxyl groups is 9. The zero-order chi connectivity index (χ0) is 23.9. The van der Waals surface area contributed by atoms with Gasteiger partial charge in [0.05, 0.1) is 18.8 Å². The number of aliphatic hydroxyl groups excluding tert-OH is 9. The van der Waals surface area contributed by atoms with Crippen molar-refractivity contribution in [2.75, 3.05) is 6.61 Å². The van der Waals surface area contributed by atoms with E-state index in [1.807, 2.05) is 0 Å². The Morgan fingerprint density at radius 1 is 0.562 bits per heavy atom. The molecule has 0 amide bonds. The first-order valence-electron chi connectivity index (χ1n) is 10.3. The molecule has 32 heavy (non-hydrogen) atoms. The molecule has 3 aliphatic rings. The van der Waals surface area contributed by atoms with Gasteiger partial charge in [-0.3, -0.25) is 0 Å². The number of hydrogen-bond acceptors (Lipinski definition) is 14. The van der Waals surface area contributed by atoms with Gasteiger partial charge >= 0.3 is 0 Å². The lowest BCUT2D eigenvalue weighted by Gasteiger charge is -2.46. The molecule has 0 unspecified atom stereocenters. The Morgan fingerprint density at radius 2 is 1.12 bits per heavy atom. The van der Waals surface area contributed by atoms with Gasteiger partial charge in [0.15, 0.2) is 18.9 Å². The molecule has 3 aliphatic heterocycles. The van der Waals surface area contributed by atoms with E-state index in [2.05, 4.69) is 0 Å². The summed E-state index contributed by atoms with van der Waals surface area (Å²) in [5.74, 6) is 0. The van der Waals surface area contributed by atoms with Gasteiger partial charge in [-0.1, -0.05) is 0 Å². The van der Waals surface area contributed by atoms with Crippen LogP contribution < -0.4 is 0 Å². The predicted molar refractivity (Wildman–Crippen MR) is 98.4 cm³/mol. The van der Waals surface area contributed by atoms with Crippen molar-refractivity contribution in [1.29, 1.82) is 0 Å². The van der Waals surface area contributed by atoms with Crippen LogP contribution in [0.25, 0.3) is 0 Å². The quantitative estimate of drug-likeness (QED) is 0.182. The highest BCUT2D eigenvalue weighted by molar-refractivity contribution is 4.93. The third-order valence-electron chi connectivity index (χ3n) is 5.99. The summed E-state index contributed by atoms with van der Waals surface area (Å²) in [6.07, 6.45) is -21.9. The van der Waals surface area contributed by atoms with Crippen LogP contribution in [0.15, 0.2) is 0 Å². The van der Waals surface area contributed by atoms with Crippen LogP contribution in [-0.4, -0.2) is 145 Å². The molecule has 0 aromatic rings. The van der Waals surface area contributed by atoms with Crippen molar-refractivity contribution in [2.24, 2.45) is 0 Å². The van der Waals surface area contributed by atoms with Gasteiger partial charge in [-0.15, -0.1) is 0 Å². The molecule has 9 N–H and O–H groups in total. The third kappa shape index (κ3) is 5.08. The van der Waals surface area contributed by atoms with Crippen molar-refractivity contribution < 1.29 is 69.6 Å². The molecule has 3 saturated heterocycles. The van der Waals surface area contributed by atoms with E-state index in [9.17, 15) is 46.0 Å². The zero-order valence-electron chi connectivity index (χ0n) is 17.4. The molecule has 14 nitrogen and oxygen atoms in total. The maximum atomic E-state index is 10.6. The van der Waals surface area contributed by atoms with Crippen molar-refractivity contribution >= 4 is 0 Å². The summed E-state index contributed by atoms with van der Waals surface area (Å²) < 4.78 is 26.7. The second-order valence-electron chi connectivity index (χ2n) is 8.34. The summed E-state index contributed by atoms with van der Waals surface area (Å²) in [5, 5.41) is 89.8. The topological polar surface area (TPSA) is 228 Å². The average molecular weight is 472 g/mol. The average Bonchev–Trinajstić information content (AvgIpc) is 2.76. The monoisotopic (exact) mass is 472 g/mol. The van der Waals surface area contributed by atoms with Crippen LogP contribution in [0.4, 0.5) is 0 Å². The van der Waals surface area contributed by atoms with Gasteiger partial charge in [-0.25, -0.2) is 0 Å². The Kier molecular flexibility index (Phi) is 8.44. The van der Waals surface area contributed by atoms with Gasteiger partial charge in [0, 0.05) is 0 Å². The highest BCUT2D eigenvalue weighted by Crippen LogP contribution is 2.30. The minimum Gasteiger partial charge on any atom is -0.388 e. The van der Waals surface area contributed by atoms with Crippen LogP contribution in [0.1, 0.15) is 13.8 Å². The fourth-order valence-electron chi connectivity index (χ4n) is 3.83. The molecule has 3 heterocycles. The highest BCUT2D eigenvalue weighted by Gasteiger charge is 2.50. The van der Waals surface area contributed by atoms with Gasteiger partial charge in [-0.2, -0.15) is 0 Å². The van der Waals surface area contributed by atoms with E-state index in [-0.39, 0.29) is 0 Å². The maximum absolute atomic E-state index is 10.6. The molecule has 0 saturated carbocycles. The summed E-state index contributed by atoms with van der Waals surface area (Å²) >= 11 is 0. The fraction of sp³-hybridized carbons (Fsp3) is 1.00. The number of hydrogen-bond donors (Lipinski definition) is 9. The molecular formula is C18H32O14. The van der Waals surface area contributed by atoms with E-state index >= 15 is 0 Å². The zero-order valence-corrected chi connectivity index (χ0v) is 17.4. The third-order valence-corrected chi connectivity index (χ3v) is 5.99. The summed E-state index contributed by atoms with van der Waals surface area (Å²) in [6, 6.07) is 0. The first-order chi connectivity index (χ1) is 14.9. The lowest BCUT2D eigenvalue weighted by molar-refractivity contribution is -0.359. The first kappa shape index (κ1) is 26.1. The van der Waals surface area contributed by atoms with E-state index in [1.165, 1.54) is 13.8 Å². The van der Waals surface area contributed by atoms with Crippen LogP contribution >= 0.6 is 0 Å². The van der Waals surface area contributed by atoms with Crippen LogP contribution in [0, 0.1) is 0 Å². The number of ether oxygens (including phenoxy) is 5. The van der Waals surface area contributed by atoms with Gasteiger partial charge in [-0.05, 0) is 13.8 Å². The highest BCUT2D eigenvalue weighted by atomic mass is 16.7. The smallest absolute Gasteiger partial charge is 0.187 e. The van der Waals surface area contributed by atoms with Gasteiger partial charge in [0.2, 0.25) is 0 Å². The number of rotatable bonds is 5. The molecule has 0 aliphatic carbocycles. The van der Waals surface area contributed by atoms with Crippen molar-refractivity contribution in [3.63, 3.8) is 0 Å². The molecule has 188 valence electrons. The van der Waals surface area contributed by atoms with E-state index in [4.69, 9.17) is 23.7 Å². The molecule has 0 aromatic heterocycles. The predicted octanol–water partition coefficient (Wildman–Crippen LogP) is -5.52. The molecule has 0 aromatic carbocycles. The molecule has 14 heteroatoms. The molecule has 3 rings (SSSR count). The van der Waals surface area contributed by atoms with Crippen LogP contribution in [0.2, 0.25) is 0 Å². The summed E-state index contributed by atoms with van der Waals surface area (Å²) in [7, 11) is 0. The lowest BCUT2D eigenvalue weighted by Crippen LogP contribution is -2.64. The van der Waals surface area contributed by atoms with Crippen molar-refractivity contribution in [3.8, 4) is 0 Å². The molecule has 0 spiro atoms. The molecule has 3 fully saturated rings. The van der Waals surface area contributed by atoms with Gasteiger partial charge in [0.1, 0.15) is 61.0 Å². The van der Waals surface area contributed by atoms with E-state index < -0.39 is 98.7 Å². The largest absolute Gasteiger partial charge is 0.388 e. The Hall–Kier alpha value is -0.560. The molecular weight excluding hydrogens is 440 g/mol. The minimum atomic E-state index is -1.77. The fourth-order valence-corrected chi connectivity index (χ4v) is 3.83. The second-order valence-corrected chi connectivity index (χ2v) is 8.34. The summed E-state index contributed by atoms with van der Waals surface area (Å²) in [4.78, 5) is 0. The minimum absolute atomic E-state index is 0.482. The Bertz CT molecular complexity index is 610. The Balaban J connectivity index is 1.64. The van der Waals surface area contributed by atoms with Crippen molar-refractivity contribution in [2.45, 2.75) is 106 Å². The van der Waals surface area contributed by atoms with Crippen LogP contribution in [-0.2, 0) is 23.7 Å². The van der Waals surface area contributed by atoms with Crippen LogP contribution in [0.3, 0.4) is 0 Å². The molecule has 15 atom stereocenters. The standard InChI is InChI=1S/C18H32O14/c1-4-7(19)10(22)13(25)18(30-4)32-15-8(20)5(2)29-17(14(15)26)28-3-6-9(21)11(23)12(24)16(27)31-6/h4-27H,3H2,1-2H3/t4-,5-,6+,7-,8-,9-,10+,11-,12+,13+,14+,15+,16+,17-,18+/m0/s1. The summed E-state index contributed by atoms with van der Waals surface area (Å²) in [5.41, 5.74) is 0. The molecule has 0 radical (unpaired) electrons. The first-order valence-corrected chi connectivity index (χ1v) is 10.3. The van der Waals surface area contributed by atoms with E-state index in [0.717, 1.165) is 0 Å². The van der Waals surface area contributed by atoms with E-state index in [0.29, 0.717) is 0 Å². The van der Waals surface area contributed by atoms with E-state index in [1.54, 1.807) is 0 Å². The van der Waals surface area contributed by atoms with Crippen LogP contribution in [0.5, 0.6) is 0 Å². The van der Waals surface area contributed by atoms with Crippen molar-refractivity contribution in [3.05, 3.63) is 0 Å². The SMILES string of the molecule is C[C@@H]1O[C@H](O[C@@H]2[C@@H](O)[C@H](C)O[C@H](OC[C@H]3O[C@@H](O)[C@H](O)[C@@H](O)[C@H]3O)[C@@H]2O)[C@H](O)[C@H](O)[C@H]1O. The lowest BCUT2D eigenvalue weighted by atomic mass is 9.97. The Morgan fingerprint density at radius 3 is 1.78 bits per heavy atom. The second kappa shape index (κ2) is 10.4. The normalized spacial score (nSPS) is 55.0.